The van der Waals surface area contributed by atoms with E-state index in [9.17, 15) is 4.79 Å². The topological polar surface area (TPSA) is 22.0 Å². The predicted octanol–water partition coefficient (Wildman–Crippen LogP) is 3.01. The molecular formula is C13H13NO. The fourth-order valence-corrected chi connectivity index (χ4v) is 2.38. The highest BCUT2D eigenvalue weighted by atomic mass is 16.2. The van der Waals surface area contributed by atoms with E-state index in [0.29, 0.717) is 6.42 Å². The van der Waals surface area contributed by atoms with Crippen LogP contribution in [-0.2, 0) is 6.42 Å². The van der Waals surface area contributed by atoms with Crippen molar-refractivity contribution in [3.63, 3.8) is 0 Å². The van der Waals surface area contributed by atoms with Crippen LogP contribution in [0, 0.1) is 0 Å². The number of carbonyl (C=O) groups is 1. The average molecular weight is 199 g/mol. The zero-order valence-corrected chi connectivity index (χ0v) is 8.57. The van der Waals surface area contributed by atoms with Crippen molar-refractivity contribution in [2.45, 2.75) is 25.7 Å². The molecule has 2 heterocycles. The first-order valence-electron chi connectivity index (χ1n) is 5.49. The van der Waals surface area contributed by atoms with Gasteiger partial charge >= 0.3 is 0 Å². The van der Waals surface area contributed by atoms with Crippen molar-refractivity contribution in [3.8, 4) is 0 Å². The van der Waals surface area contributed by atoms with Crippen molar-refractivity contribution in [1.82, 2.24) is 4.57 Å². The molecule has 3 rings (SSSR count). The molecule has 1 aromatic heterocycles. The number of aromatic nitrogens is 1. The van der Waals surface area contributed by atoms with Gasteiger partial charge in [-0.15, -0.1) is 0 Å². The number of nitrogens with zero attached hydrogens (tertiary/aromatic N) is 1. The molecule has 0 saturated heterocycles. The lowest BCUT2D eigenvalue weighted by Crippen LogP contribution is -2.10. The second-order valence-electron chi connectivity index (χ2n) is 4.13. The van der Waals surface area contributed by atoms with Crippen LogP contribution in [0.15, 0.2) is 30.3 Å². The predicted molar refractivity (Wildman–Crippen MR) is 60.1 cm³/mol. The number of fused-ring (bicyclic) bond motifs is 3. The highest BCUT2D eigenvalue weighted by Gasteiger charge is 2.17. The molecule has 2 heteroatoms. The molecule has 0 radical (unpaired) electrons. The van der Waals surface area contributed by atoms with Gasteiger partial charge in [0.1, 0.15) is 0 Å². The van der Waals surface area contributed by atoms with E-state index in [1.807, 2.05) is 22.8 Å². The average Bonchev–Trinajstić information content (AvgIpc) is 2.53. The Bertz CT molecular complexity index is 524. The van der Waals surface area contributed by atoms with Crippen molar-refractivity contribution < 1.29 is 4.79 Å². The maximum absolute atomic E-state index is 11.9. The van der Waals surface area contributed by atoms with Gasteiger partial charge in [-0.05, 0) is 31.4 Å². The summed E-state index contributed by atoms with van der Waals surface area (Å²) in [6, 6.07) is 10.3. The van der Waals surface area contributed by atoms with Crippen LogP contribution in [0.3, 0.4) is 0 Å². The van der Waals surface area contributed by atoms with Gasteiger partial charge in [-0.1, -0.05) is 18.2 Å². The second-order valence-corrected chi connectivity index (χ2v) is 4.13. The molecule has 2 aromatic rings. The lowest BCUT2D eigenvalue weighted by molar-refractivity contribution is 0.0908. The second kappa shape index (κ2) is 3.23. The molecule has 1 aromatic carbocycles. The number of para-hydroxylation sites is 1. The van der Waals surface area contributed by atoms with Gasteiger partial charge < -0.3 is 0 Å². The van der Waals surface area contributed by atoms with Crippen LogP contribution in [0.1, 0.15) is 29.8 Å². The number of hydrogen-bond acceptors (Lipinski definition) is 1. The molecule has 1 aliphatic rings. The van der Waals surface area contributed by atoms with Gasteiger partial charge in [0.25, 0.3) is 0 Å². The Morgan fingerprint density at radius 1 is 1.07 bits per heavy atom. The molecule has 0 spiro atoms. The Labute approximate surface area is 88.5 Å². The molecule has 1 aliphatic heterocycles. The van der Waals surface area contributed by atoms with E-state index in [1.54, 1.807) is 0 Å². The highest BCUT2D eigenvalue weighted by molar-refractivity contribution is 5.94. The first kappa shape index (κ1) is 8.72. The fourth-order valence-electron chi connectivity index (χ4n) is 2.38. The quantitative estimate of drug-likeness (QED) is 0.639. The Morgan fingerprint density at radius 3 is 2.80 bits per heavy atom. The zero-order valence-electron chi connectivity index (χ0n) is 8.57. The summed E-state index contributed by atoms with van der Waals surface area (Å²) in [7, 11) is 0. The van der Waals surface area contributed by atoms with Crippen LogP contribution in [0.4, 0.5) is 0 Å². The monoisotopic (exact) mass is 199 g/mol. The summed E-state index contributed by atoms with van der Waals surface area (Å²) in [5, 5.41) is 1.18. The van der Waals surface area contributed by atoms with Gasteiger partial charge in [-0.3, -0.25) is 9.36 Å². The van der Waals surface area contributed by atoms with E-state index in [4.69, 9.17) is 0 Å². The third kappa shape index (κ3) is 1.29. The standard InChI is InChI=1S/C13H13NO/c15-13-8-4-2-6-11-9-10-5-1-3-7-12(10)14(11)13/h1,3,5,7,9H,2,4,6,8H2. The van der Waals surface area contributed by atoms with E-state index in [1.165, 1.54) is 11.1 Å². The van der Waals surface area contributed by atoms with Crippen molar-refractivity contribution in [2.75, 3.05) is 0 Å². The summed E-state index contributed by atoms with van der Waals surface area (Å²) >= 11 is 0. The summed E-state index contributed by atoms with van der Waals surface area (Å²) in [4.78, 5) is 11.9. The Hall–Kier alpha value is -1.57. The fraction of sp³-hybridized carbons (Fsp3) is 0.308. The number of rotatable bonds is 0. The third-order valence-electron chi connectivity index (χ3n) is 3.11. The van der Waals surface area contributed by atoms with Crippen molar-refractivity contribution in [1.29, 1.82) is 0 Å². The number of hydrogen-bond donors (Lipinski definition) is 0. The summed E-state index contributed by atoms with van der Waals surface area (Å²) in [5.74, 6) is 0.253. The highest BCUT2D eigenvalue weighted by Crippen LogP contribution is 2.24. The summed E-state index contributed by atoms with van der Waals surface area (Å²) in [6.07, 6.45) is 3.86. The molecule has 0 saturated carbocycles. The zero-order chi connectivity index (χ0) is 10.3. The van der Waals surface area contributed by atoms with Crippen LogP contribution in [0.5, 0.6) is 0 Å². The largest absolute Gasteiger partial charge is 0.284 e. The minimum absolute atomic E-state index is 0.253. The van der Waals surface area contributed by atoms with Crippen molar-refractivity contribution in [2.24, 2.45) is 0 Å². The Kier molecular flexibility index (Phi) is 1.88. The number of carbonyl (C=O) groups excluding carboxylic acids is 1. The van der Waals surface area contributed by atoms with Crippen molar-refractivity contribution >= 4 is 16.8 Å². The summed E-state index contributed by atoms with van der Waals surface area (Å²) in [5.41, 5.74) is 2.25. The molecule has 76 valence electrons. The van der Waals surface area contributed by atoms with E-state index in [0.717, 1.165) is 24.8 Å². The van der Waals surface area contributed by atoms with E-state index >= 15 is 0 Å². The maximum Gasteiger partial charge on any atom is 0.231 e. The molecule has 0 amide bonds. The van der Waals surface area contributed by atoms with Crippen LogP contribution < -0.4 is 0 Å². The normalized spacial score (nSPS) is 16.4. The van der Waals surface area contributed by atoms with E-state index in [-0.39, 0.29) is 5.91 Å². The lowest BCUT2D eigenvalue weighted by atomic mass is 10.1. The molecule has 0 N–H and O–H groups in total. The summed E-state index contributed by atoms with van der Waals surface area (Å²) < 4.78 is 1.91. The van der Waals surface area contributed by atoms with Crippen LogP contribution in [0.25, 0.3) is 10.9 Å². The summed E-state index contributed by atoms with van der Waals surface area (Å²) in [6.45, 7) is 0. The lowest BCUT2D eigenvalue weighted by Gasteiger charge is -2.03. The number of aryl methyl sites for hydroxylation is 1. The van der Waals surface area contributed by atoms with Gasteiger partial charge in [0.15, 0.2) is 0 Å². The first-order valence-corrected chi connectivity index (χ1v) is 5.49. The number of benzene rings is 1. The van der Waals surface area contributed by atoms with Gasteiger partial charge in [-0.2, -0.15) is 0 Å². The minimum atomic E-state index is 0.253. The third-order valence-corrected chi connectivity index (χ3v) is 3.11. The van der Waals surface area contributed by atoms with Crippen molar-refractivity contribution in [3.05, 3.63) is 36.0 Å². The SMILES string of the molecule is O=C1CCCCc2cc3ccccc3n21. The smallest absolute Gasteiger partial charge is 0.231 e. The maximum atomic E-state index is 11.9. The molecule has 2 nitrogen and oxygen atoms in total. The Morgan fingerprint density at radius 2 is 1.87 bits per heavy atom. The molecule has 0 fully saturated rings. The molecule has 0 atom stereocenters. The Balaban J connectivity index is 2.32. The van der Waals surface area contributed by atoms with E-state index in [2.05, 4.69) is 12.1 Å². The van der Waals surface area contributed by atoms with Gasteiger partial charge in [0, 0.05) is 17.5 Å². The van der Waals surface area contributed by atoms with Gasteiger partial charge in [-0.25, -0.2) is 0 Å². The molecule has 0 bridgehead atoms. The van der Waals surface area contributed by atoms with Gasteiger partial charge in [0.2, 0.25) is 5.91 Å². The van der Waals surface area contributed by atoms with Crippen LogP contribution in [0.2, 0.25) is 0 Å². The first-order chi connectivity index (χ1) is 7.36. The molecule has 0 aliphatic carbocycles. The van der Waals surface area contributed by atoms with Crippen LogP contribution in [-0.4, -0.2) is 10.5 Å². The van der Waals surface area contributed by atoms with Crippen LogP contribution >= 0.6 is 0 Å². The minimum Gasteiger partial charge on any atom is -0.284 e. The molecule has 0 unspecified atom stereocenters. The van der Waals surface area contributed by atoms with Gasteiger partial charge in [0.05, 0.1) is 5.52 Å². The van der Waals surface area contributed by atoms with E-state index < -0.39 is 0 Å². The molecule has 15 heavy (non-hydrogen) atoms. The molecular weight excluding hydrogens is 186 g/mol.